The number of imidazole rings is 1. The van der Waals surface area contributed by atoms with Gasteiger partial charge in [-0.05, 0) is 19.2 Å². The first-order chi connectivity index (χ1) is 12.5. The predicted octanol–water partition coefficient (Wildman–Crippen LogP) is 2.90. The van der Waals surface area contributed by atoms with Crippen LogP contribution in [0.4, 0.5) is 0 Å². The van der Waals surface area contributed by atoms with Gasteiger partial charge in [0, 0.05) is 30.5 Å². The SMILES string of the molecule is COc1c(Cl)cc(Cl)cc1-c1nccn1CC1CN(C)CCO1.O=CO. The first-order valence-electron chi connectivity index (χ1n) is 7.92. The van der Waals surface area contributed by atoms with Crippen LogP contribution in [-0.2, 0) is 16.1 Å². The minimum Gasteiger partial charge on any atom is -0.494 e. The molecule has 0 bridgehead atoms. The lowest BCUT2D eigenvalue weighted by atomic mass is 10.1. The summed E-state index contributed by atoms with van der Waals surface area (Å²) in [6, 6.07) is 3.48. The summed E-state index contributed by atoms with van der Waals surface area (Å²) in [4.78, 5) is 15.1. The summed E-state index contributed by atoms with van der Waals surface area (Å²) >= 11 is 12.4. The third-order valence-electron chi connectivity index (χ3n) is 3.91. The van der Waals surface area contributed by atoms with Gasteiger partial charge in [-0.1, -0.05) is 23.2 Å². The smallest absolute Gasteiger partial charge is 0.290 e. The van der Waals surface area contributed by atoms with Gasteiger partial charge in [-0.25, -0.2) is 4.98 Å². The summed E-state index contributed by atoms with van der Waals surface area (Å²) in [5.74, 6) is 1.34. The number of likely N-dealkylation sites (N-methyl/N-ethyl adjacent to an activating group) is 1. The molecule has 1 fully saturated rings. The Bertz CT molecular complexity index is 739. The summed E-state index contributed by atoms with van der Waals surface area (Å²) < 4.78 is 13.3. The molecule has 0 spiro atoms. The molecule has 1 aromatic heterocycles. The number of carboxylic acid groups (broad SMARTS) is 1. The Hall–Kier alpha value is -1.80. The zero-order chi connectivity index (χ0) is 19.1. The number of carbonyl (C=O) groups is 1. The van der Waals surface area contributed by atoms with Crippen LogP contribution >= 0.6 is 23.2 Å². The number of aromatic nitrogens is 2. The molecule has 142 valence electrons. The fourth-order valence-electron chi connectivity index (χ4n) is 2.83. The topological polar surface area (TPSA) is 76.8 Å². The highest BCUT2D eigenvalue weighted by Crippen LogP contribution is 2.38. The zero-order valence-electron chi connectivity index (χ0n) is 14.6. The number of nitrogens with zero attached hydrogens (tertiary/aromatic N) is 3. The molecule has 1 atom stereocenters. The van der Waals surface area contributed by atoms with E-state index in [9.17, 15) is 0 Å². The van der Waals surface area contributed by atoms with E-state index >= 15 is 0 Å². The molecule has 9 heteroatoms. The Morgan fingerprint density at radius 2 is 2.19 bits per heavy atom. The van der Waals surface area contributed by atoms with Crippen LogP contribution in [0.15, 0.2) is 24.5 Å². The molecule has 1 aromatic carbocycles. The minimum atomic E-state index is -0.250. The van der Waals surface area contributed by atoms with Crippen molar-refractivity contribution in [3.63, 3.8) is 0 Å². The van der Waals surface area contributed by atoms with E-state index in [-0.39, 0.29) is 12.6 Å². The van der Waals surface area contributed by atoms with Gasteiger partial charge >= 0.3 is 0 Å². The molecule has 2 aromatic rings. The molecule has 0 radical (unpaired) electrons. The Balaban J connectivity index is 0.000000758. The summed E-state index contributed by atoms with van der Waals surface area (Å²) in [6.07, 6.45) is 3.82. The molecule has 1 unspecified atom stereocenters. The third-order valence-corrected chi connectivity index (χ3v) is 4.41. The van der Waals surface area contributed by atoms with Gasteiger partial charge in [-0.3, -0.25) is 4.79 Å². The molecule has 1 saturated heterocycles. The maximum atomic E-state index is 8.36. The van der Waals surface area contributed by atoms with Gasteiger partial charge in [0.1, 0.15) is 11.6 Å². The van der Waals surface area contributed by atoms with E-state index in [0.717, 1.165) is 31.1 Å². The number of hydrogen-bond donors (Lipinski definition) is 1. The highest BCUT2D eigenvalue weighted by molar-refractivity contribution is 6.36. The van der Waals surface area contributed by atoms with Crippen molar-refractivity contribution in [3.8, 4) is 17.1 Å². The number of methoxy groups -OCH3 is 1. The Labute approximate surface area is 162 Å². The van der Waals surface area contributed by atoms with Gasteiger partial charge in [-0.2, -0.15) is 0 Å². The fourth-order valence-corrected chi connectivity index (χ4v) is 3.40. The minimum absolute atomic E-state index is 0.127. The molecule has 26 heavy (non-hydrogen) atoms. The number of benzene rings is 1. The monoisotopic (exact) mass is 401 g/mol. The average molecular weight is 402 g/mol. The van der Waals surface area contributed by atoms with E-state index in [4.69, 9.17) is 42.6 Å². The molecule has 0 aliphatic carbocycles. The first-order valence-corrected chi connectivity index (χ1v) is 8.68. The molecule has 1 aliphatic rings. The van der Waals surface area contributed by atoms with Crippen LogP contribution in [0.25, 0.3) is 11.4 Å². The van der Waals surface area contributed by atoms with E-state index < -0.39 is 0 Å². The van der Waals surface area contributed by atoms with Crippen LogP contribution < -0.4 is 4.74 Å². The van der Waals surface area contributed by atoms with Crippen molar-refractivity contribution in [2.75, 3.05) is 33.9 Å². The lowest BCUT2D eigenvalue weighted by Crippen LogP contribution is -2.41. The van der Waals surface area contributed by atoms with Crippen molar-refractivity contribution in [2.24, 2.45) is 0 Å². The Morgan fingerprint density at radius 3 is 2.85 bits per heavy atom. The van der Waals surface area contributed by atoms with E-state index in [2.05, 4.69) is 16.9 Å². The molecule has 1 aliphatic heterocycles. The quantitative estimate of drug-likeness (QED) is 0.793. The van der Waals surface area contributed by atoms with E-state index in [0.29, 0.717) is 22.3 Å². The summed E-state index contributed by atoms with van der Waals surface area (Å²) in [5, 5.41) is 7.91. The van der Waals surface area contributed by atoms with Gasteiger partial charge < -0.3 is 24.0 Å². The fraction of sp³-hybridized carbons (Fsp3) is 0.412. The second-order valence-corrected chi connectivity index (χ2v) is 6.58. The molecule has 0 amide bonds. The van der Waals surface area contributed by atoms with Crippen LogP contribution in [0.2, 0.25) is 10.0 Å². The lowest BCUT2D eigenvalue weighted by molar-refractivity contribution is -0.122. The second-order valence-electron chi connectivity index (χ2n) is 5.73. The molecule has 0 saturated carbocycles. The van der Waals surface area contributed by atoms with Gasteiger partial charge in [0.2, 0.25) is 0 Å². The first kappa shape index (κ1) is 20.5. The van der Waals surface area contributed by atoms with Crippen molar-refractivity contribution in [3.05, 3.63) is 34.6 Å². The maximum absolute atomic E-state index is 8.36. The summed E-state index contributed by atoms with van der Waals surface area (Å²) in [6.45, 7) is 3.07. The zero-order valence-corrected chi connectivity index (χ0v) is 16.1. The molecule has 3 rings (SSSR count). The van der Waals surface area contributed by atoms with E-state index in [1.54, 1.807) is 19.4 Å². The number of halogens is 2. The van der Waals surface area contributed by atoms with Gasteiger partial charge in [0.05, 0.1) is 37.0 Å². The highest BCUT2D eigenvalue weighted by atomic mass is 35.5. The molecular weight excluding hydrogens is 381 g/mol. The van der Waals surface area contributed by atoms with Crippen molar-refractivity contribution in [2.45, 2.75) is 12.6 Å². The predicted molar refractivity (Wildman–Crippen MR) is 100 cm³/mol. The standard InChI is InChI=1S/C16H19Cl2N3O2.CH2O2/c1-20-5-6-23-12(9-20)10-21-4-3-19-16(21)13-7-11(17)8-14(18)15(13)22-2;2-1-3/h3-4,7-8,12H,5-6,9-10H2,1-2H3;1H,(H,2,3). The van der Waals surface area contributed by atoms with E-state index in [1.165, 1.54) is 0 Å². The number of ether oxygens (including phenoxy) is 2. The van der Waals surface area contributed by atoms with Gasteiger partial charge in [0.15, 0.2) is 0 Å². The van der Waals surface area contributed by atoms with Crippen LogP contribution in [0.5, 0.6) is 5.75 Å². The summed E-state index contributed by atoms with van der Waals surface area (Å²) in [5.41, 5.74) is 0.777. The van der Waals surface area contributed by atoms with Crippen LogP contribution in [0.1, 0.15) is 0 Å². The molecule has 1 N–H and O–H groups in total. The third kappa shape index (κ3) is 5.11. The average Bonchev–Trinajstić information content (AvgIpc) is 3.03. The maximum Gasteiger partial charge on any atom is 0.290 e. The Kier molecular flexibility index (Phi) is 7.71. The van der Waals surface area contributed by atoms with Crippen LogP contribution in [0.3, 0.4) is 0 Å². The number of rotatable bonds is 4. The van der Waals surface area contributed by atoms with Crippen molar-refractivity contribution >= 4 is 29.7 Å². The number of hydrogen-bond acceptors (Lipinski definition) is 5. The van der Waals surface area contributed by atoms with Crippen LogP contribution in [0, 0.1) is 0 Å². The normalized spacial score (nSPS) is 17.3. The molecule has 7 nitrogen and oxygen atoms in total. The highest BCUT2D eigenvalue weighted by Gasteiger charge is 2.21. The summed E-state index contributed by atoms with van der Waals surface area (Å²) in [7, 11) is 3.69. The number of morpholine rings is 1. The van der Waals surface area contributed by atoms with Crippen molar-refractivity contribution in [1.29, 1.82) is 0 Å². The second kappa shape index (κ2) is 9.78. The van der Waals surface area contributed by atoms with Crippen molar-refractivity contribution < 1.29 is 19.4 Å². The lowest BCUT2D eigenvalue weighted by Gasteiger charge is -2.30. The van der Waals surface area contributed by atoms with Gasteiger partial charge in [0.25, 0.3) is 6.47 Å². The van der Waals surface area contributed by atoms with E-state index in [1.807, 2.05) is 16.8 Å². The largest absolute Gasteiger partial charge is 0.494 e. The molecule has 2 heterocycles. The Morgan fingerprint density at radius 1 is 1.46 bits per heavy atom. The van der Waals surface area contributed by atoms with Crippen molar-refractivity contribution in [1.82, 2.24) is 14.5 Å². The van der Waals surface area contributed by atoms with Crippen LogP contribution in [-0.4, -0.2) is 66.0 Å². The van der Waals surface area contributed by atoms with Gasteiger partial charge in [-0.15, -0.1) is 0 Å². The molecular formula is C17H21Cl2N3O4.